The zero-order valence-corrected chi connectivity index (χ0v) is 18.0. The average molecular weight is 409 g/mol. The molecule has 0 radical (unpaired) electrons. The summed E-state index contributed by atoms with van der Waals surface area (Å²) in [7, 11) is 0. The zero-order chi connectivity index (χ0) is 20.9. The number of ether oxygens (including phenoxy) is 1. The van der Waals surface area contributed by atoms with Crippen molar-refractivity contribution in [1.29, 1.82) is 0 Å². The standard InChI is InChI=1S/C24H32N4O2/c1-19(2)26-13-9-23(10-14-26)30-22-5-3-21(4-6-22)27-15-17-28(18-16-27)24(29)20-7-11-25-12-8-20/h3-8,11-12,19,23H,9-10,13-18H2,1-2H3. The number of benzene rings is 1. The largest absolute Gasteiger partial charge is 0.490 e. The summed E-state index contributed by atoms with van der Waals surface area (Å²) in [4.78, 5) is 23.4. The van der Waals surface area contributed by atoms with Crippen molar-refractivity contribution in [2.24, 2.45) is 0 Å². The maximum absolute atomic E-state index is 12.6. The van der Waals surface area contributed by atoms with Crippen LogP contribution in [0.2, 0.25) is 0 Å². The summed E-state index contributed by atoms with van der Waals surface area (Å²) in [5.41, 5.74) is 1.90. The minimum absolute atomic E-state index is 0.0873. The van der Waals surface area contributed by atoms with E-state index in [1.54, 1.807) is 24.5 Å². The fraction of sp³-hybridized carbons (Fsp3) is 0.500. The van der Waals surface area contributed by atoms with E-state index in [4.69, 9.17) is 4.74 Å². The summed E-state index contributed by atoms with van der Waals surface area (Å²) >= 11 is 0. The van der Waals surface area contributed by atoms with Gasteiger partial charge in [0.25, 0.3) is 5.91 Å². The molecule has 1 aromatic carbocycles. The highest BCUT2D eigenvalue weighted by Gasteiger charge is 2.23. The highest BCUT2D eigenvalue weighted by Crippen LogP contribution is 2.24. The molecule has 0 N–H and O–H groups in total. The Labute approximate surface area is 179 Å². The van der Waals surface area contributed by atoms with Crippen LogP contribution < -0.4 is 9.64 Å². The predicted octanol–water partition coefficient (Wildman–Crippen LogP) is 3.30. The summed E-state index contributed by atoms with van der Waals surface area (Å²) < 4.78 is 6.22. The molecule has 0 aliphatic carbocycles. The molecule has 6 heteroatoms. The normalized spacial score (nSPS) is 18.6. The number of rotatable bonds is 5. The first-order valence-electron chi connectivity index (χ1n) is 11.0. The molecule has 1 aromatic heterocycles. The number of hydrogen-bond acceptors (Lipinski definition) is 5. The fourth-order valence-electron chi connectivity index (χ4n) is 4.28. The number of piperazine rings is 1. The highest BCUT2D eigenvalue weighted by atomic mass is 16.5. The second-order valence-corrected chi connectivity index (χ2v) is 8.46. The number of hydrogen-bond donors (Lipinski definition) is 0. The summed E-state index contributed by atoms with van der Waals surface area (Å²) in [6, 6.07) is 12.6. The van der Waals surface area contributed by atoms with Gasteiger partial charge in [0.15, 0.2) is 0 Å². The SMILES string of the molecule is CC(C)N1CCC(Oc2ccc(N3CCN(C(=O)c4ccncc4)CC3)cc2)CC1. The van der Waals surface area contributed by atoms with Crippen LogP contribution in [0.5, 0.6) is 5.75 Å². The molecule has 2 saturated heterocycles. The molecule has 160 valence electrons. The monoisotopic (exact) mass is 408 g/mol. The quantitative estimate of drug-likeness (QED) is 0.760. The molecule has 1 amide bonds. The Balaban J connectivity index is 1.26. The first-order valence-corrected chi connectivity index (χ1v) is 11.0. The van der Waals surface area contributed by atoms with E-state index in [-0.39, 0.29) is 5.91 Å². The molecule has 30 heavy (non-hydrogen) atoms. The predicted molar refractivity (Wildman–Crippen MR) is 119 cm³/mol. The number of aromatic nitrogens is 1. The lowest BCUT2D eigenvalue weighted by atomic mass is 10.1. The van der Waals surface area contributed by atoms with Crippen molar-refractivity contribution in [3.8, 4) is 5.75 Å². The first kappa shape index (κ1) is 20.7. The maximum atomic E-state index is 12.6. The molecule has 2 aliphatic rings. The Bertz CT molecular complexity index is 809. The molecule has 0 bridgehead atoms. The van der Waals surface area contributed by atoms with Gasteiger partial charge in [0, 0.05) is 69.0 Å². The number of piperidine rings is 1. The van der Waals surface area contributed by atoms with Crippen molar-refractivity contribution in [2.75, 3.05) is 44.2 Å². The van der Waals surface area contributed by atoms with Crippen molar-refractivity contribution in [3.05, 3.63) is 54.4 Å². The van der Waals surface area contributed by atoms with Crippen LogP contribution in [0.4, 0.5) is 5.69 Å². The molecule has 0 spiro atoms. The lowest BCUT2D eigenvalue weighted by Gasteiger charge is -2.36. The Morgan fingerprint density at radius 3 is 2.17 bits per heavy atom. The zero-order valence-electron chi connectivity index (χ0n) is 18.0. The van der Waals surface area contributed by atoms with E-state index < -0.39 is 0 Å². The van der Waals surface area contributed by atoms with Gasteiger partial charge in [0.1, 0.15) is 11.9 Å². The average Bonchev–Trinajstić information content (AvgIpc) is 2.80. The van der Waals surface area contributed by atoms with Crippen LogP contribution in [0.3, 0.4) is 0 Å². The molecule has 2 fully saturated rings. The number of likely N-dealkylation sites (tertiary alicyclic amines) is 1. The molecular weight excluding hydrogens is 376 g/mol. The van der Waals surface area contributed by atoms with E-state index in [9.17, 15) is 4.79 Å². The third-order valence-electron chi connectivity index (χ3n) is 6.21. The lowest BCUT2D eigenvalue weighted by Crippen LogP contribution is -2.48. The molecule has 0 saturated carbocycles. The van der Waals surface area contributed by atoms with Gasteiger partial charge >= 0.3 is 0 Å². The van der Waals surface area contributed by atoms with Gasteiger partial charge in [-0.3, -0.25) is 9.78 Å². The van der Waals surface area contributed by atoms with E-state index in [0.29, 0.717) is 17.7 Å². The lowest BCUT2D eigenvalue weighted by molar-refractivity contribution is 0.0746. The minimum atomic E-state index is 0.0873. The molecule has 4 rings (SSSR count). The molecular formula is C24H32N4O2. The van der Waals surface area contributed by atoms with Crippen molar-refractivity contribution < 1.29 is 9.53 Å². The molecule has 0 atom stereocenters. The van der Waals surface area contributed by atoms with E-state index in [1.807, 2.05) is 4.90 Å². The number of carbonyl (C=O) groups is 1. The number of anilines is 1. The van der Waals surface area contributed by atoms with Gasteiger partial charge in [-0.1, -0.05) is 0 Å². The van der Waals surface area contributed by atoms with Crippen LogP contribution in [0.15, 0.2) is 48.8 Å². The van der Waals surface area contributed by atoms with Crippen LogP contribution in [-0.2, 0) is 0 Å². The third kappa shape index (κ3) is 4.93. The number of amides is 1. The first-order chi connectivity index (χ1) is 14.6. The van der Waals surface area contributed by atoms with Crippen LogP contribution in [0, 0.1) is 0 Å². The summed E-state index contributed by atoms with van der Waals surface area (Å²) in [5.74, 6) is 1.04. The minimum Gasteiger partial charge on any atom is -0.490 e. The maximum Gasteiger partial charge on any atom is 0.254 e. The Morgan fingerprint density at radius 1 is 0.933 bits per heavy atom. The molecule has 6 nitrogen and oxygen atoms in total. The van der Waals surface area contributed by atoms with E-state index >= 15 is 0 Å². The molecule has 3 heterocycles. The van der Waals surface area contributed by atoms with E-state index in [1.165, 1.54) is 5.69 Å². The second-order valence-electron chi connectivity index (χ2n) is 8.46. The topological polar surface area (TPSA) is 48.9 Å². The summed E-state index contributed by atoms with van der Waals surface area (Å²) in [6.07, 6.45) is 5.83. The van der Waals surface area contributed by atoms with Crippen LogP contribution in [0.25, 0.3) is 0 Å². The van der Waals surface area contributed by atoms with Crippen molar-refractivity contribution >= 4 is 11.6 Å². The molecule has 2 aromatic rings. The van der Waals surface area contributed by atoms with Gasteiger partial charge in [-0.05, 0) is 63.1 Å². The van der Waals surface area contributed by atoms with Crippen molar-refractivity contribution in [3.63, 3.8) is 0 Å². The van der Waals surface area contributed by atoms with Crippen molar-refractivity contribution in [1.82, 2.24) is 14.8 Å². The smallest absolute Gasteiger partial charge is 0.254 e. The Morgan fingerprint density at radius 2 is 1.57 bits per heavy atom. The van der Waals surface area contributed by atoms with E-state index in [2.05, 4.69) is 52.9 Å². The van der Waals surface area contributed by atoms with Gasteiger partial charge < -0.3 is 19.4 Å². The van der Waals surface area contributed by atoms with E-state index in [0.717, 1.165) is 57.9 Å². The number of carbonyl (C=O) groups excluding carboxylic acids is 1. The van der Waals surface area contributed by atoms with Gasteiger partial charge in [0.05, 0.1) is 0 Å². The summed E-state index contributed by atoms with van der Waals surface area (Å²) in [5, 5.41) is 0. The van der Waals surface area contributed by atoms with Crippen LogP contribution >= 0.6 is 0 Å². The number of pyridine rings is 1. The second kappa shape index (κ2) is 9.47. The Kier molecular flexibility index (Phi) is 6.53. The highest BCUT2D eigenvalue weighted by molar-refractivity contribution is 5.94. The molecule has 2 aliphatic heterocycles. The summed E-state index contributed by atoms with van der Waals surface area (Å²) in [6.45, 7) is 9.88. The fourth-order valence-corrected chi connectivity index (χ4v) is 4.28. The van der Waals surface area contributed by atoms with Gasteiger partial charge in [-0.25, -0.2) is 0 Å². The Hall–Kier alpha value is -2.60. The third-order valence-corrected chi connectivity index (χ3v) is 6.21. The number of nitrogens with zero attached hydrogens (tertiary/aromatic N) is 4. The van der Waals surface area contributed by atoms with Crippen molar-refractivity contribution in [2.45, 2.75) is 38.8 Å². The van der Waals surface area contributed by atoms with Crippen LogP contribution in [0.1, 0.15) is 37.0 Å². The van der Waals surface area contributed by atoms with Crippen LogP contribution in [-0.4, -0.2) is 72.1 Å². The van der Waals surface area contributed by atoms with Gasteiger partial charge in [0.2, 0.25) is 0 Å². The van der Waals surface area contributed by atoms with Gasteiger partial charge in [-0.15, -0.1) is 0 Å². The molecule has 0 unspecified atom stereocenters. The van der Waals surface area contributed by atoms with Gasteiger partial charge in [-0.2, -0.15) is 0 Å².